The van der Waals surface area contributed by atoms with Gasteiger partial charge in [0.05, 0.1) is 19.2 Å². The molecule has 0 fully saturated rings. The molecule has 1 N–H and O–H groups in total. The van der Waals surface area contributed by atoms with E-state index in [9.17, 15) is 8.42 Å². The fourth-order valence-electron chi connectivity index (χ4n) is 3.32. The number of halogens is 1. The Hall–Kier alpha value is -2.87. The molecule has 0 saturated carbocycles. The minimum absolute atomic E-state index is 0.121. The summed E-state index contributed by atoms with van der Waals surface area (Å²) in [4.78, 5) is 8.15. The molecule has 0 saturated heterocycles. The summed E-state index contributed by atoms with van der Waals surface area (Å²) in [5.41, 5.74) is 0.231. The molecular weight excluding hydrogens is 509 g/mol. The Balaban J connectivity index is 2.14. The lowest BCUT2D eigenvalue weighted by Gasteiger charge is -2.26. The van der Waals surface area contributed by atoms with Crippen LogP contribution in [0.3, 0.4) is 0 Å². The van der Waals surface area contributed by atoms with Crippen molar-refractivity contribution in [2.45, 2.75) is 23.7 Å². The Labute approximate surface area is 216 Å². The summed E-state index contributed by atoms with van der Waals surface area (Å²) in [6, 6.07) is 4.94. The van der Waals surface area contributed by atoms with E-state index in [4.69, 9.17) is 46.2 Å². The van der Waals surface area contributed by atoms with Crippen LogP contribution in [0.5, 0.6) is 11.5 Å². The second kappa shape index (κ2) is 11.0. The molecule has 16 heteroatoms. The summed E-state index contributed by atoms with van der Waals surface area (Å²) >= 11 is 5.85. The Bertz CT molecular complexity index is 1290. The first kappa shape index (κ1) is 27.7. The summed E-state index contributed by atoms with van der Waals surface area (Å²) in [6.07, 6.45) is 1.64. The molecule has 0 aliphatic carbocycles. The topological polar surface area (TPSA) is 140 Å². The van der Waals surface area contributed by atoms with E-state index in [0.29, 0.717) is 16.5 Å². The first-order valence-electron chi connectivity index (χ1n) is 10.3. The van der Waals surface area contributed by atoms with Crippen molar-refractivity contribution in [3.63, 3.8) is 0 Å². The Kier molecular flexibility index (Phi) is 8.49. The number of ether oxygens (including phenoxy) is 4. The van der Waals surface area contributed by atoms with E-state index in [1.54, 1.807) is 18.2 Å². The molecule has 2 heterocycles. The quantitative estimate of drug-likeness (QED) is 0.360. The van der Waals surface area contributed by atoms with E-state index in [1.807, 2.05) is 0 Å². The molecule has 0 unspecified atom stereocenters. The van der Waals surface area contributed by atoms with Crippen molar-refractivity contribution in [2.75, 3.05) is 33.2 Å². The van der Waals surface area contributed by atoms with Gasteiger partial charge in [-0.2, -0.15) is 0 Å². The van der Waals surface area contributed by atoms with Crippen LogP contribution in [-0.4, -0.2) is 82.5 Å². The molecule has 0 spiro atoms. The van der Waals surface area contributed by atoms with Crippen LogP contribution < -0.4 is 14.2 Å². The third kappa shape index (κ3) is 5.43. The lowest BCUT2D eigenvalue weighted by atomic mass is 9.64. The second-order valence-electron chi connectivity index (χ2n) is 7.46. The van der Waals surface area contributed by atoms with Gasteiger partial charge in [0.25, 0.3) is 0 Å². The highest BCUT2D eigenvalue weighted by atomic mass is 35.5. The summed E-state index contributed by atoms with van der Waals surface area (Å²) in [7, 11) is 13.4. The first-order valence-corrected chi connectivity index (χ1v) is 12.2. The van der Waals surface area contributed by atoms with Crippen LogP contribution in [0.4, 0.5) is 5.95 Å². The largest absolute Gasteiger partial charge is 0.494 e. The number of methoxy groups -OCH3 is 4. The van der Waals surface area contributed by atoms with Crippen LogP contribution in [0.25, 0.3) is 5.69 Å². The van der Waals surface area contributed by atoms with Gasteiger partial charge in [-0.05, 0) is 19.1 Å². The van der Waals surface area contributed by atoms with Crippen molar-refractivity contribution in [3.05, 3.63) is 47.3 Å². The SMILES string of the molecule is [B]C([B])(OC)c1nnc(NS(=O)(=O)[C@@H](C)[C@H](OC)c2ncc(Cl)cn2)n1-c1c(OC)cccc1OC. The molecule has 1 aromatic carbocycles. The van der Waals surface area contributed by atoms with Crippen LogP contribution in [-0.2, 0) is 24.9 Å². The third-order valence-electron chi connectivity index (χ3n) is 5.27. The highest BCUT2D eigenvalue weighted by Gasteiger charge is 2.36. The molecule has 2 aromatic heterocycles. The number of sulfonamides is 1. The summed E-state index contributed by atoms with van der Waals surface area (Å²) in [5.74, 6) is 0.308. The second-order valence-corrected chi connectivity index (χ2v) is 9.93. The van der Waals surface area contributed by atoms with Crippen molar-refractivity contribution in [2.24, 2.45) is 0 Å². The molecule has 3 aromatic rings. The number of aromatic nitrogens is 5. The van der Waals surface area contributed by atoms with Gasteiger partial charge < -0.3 is 18.9 Å². The van der Waals surface area contributed by atoms with Crippen LogP contribution in [0.2, 0.25) is 5.02 Å². The van der Waals surface area contributed by atoms with E-state index in [-0.39, 0.29) is 23.3 Å². The number of hydrogen-bond acceptors (Lipinski definition) is 10. The van der Waals surface area contributed by atoms with Crippen LogP contribution in [0.15, 0.2) is 30.6 Å². The molecule has 188 valence electrons. The number of hydrogen-bond donors (Lipinski definition) is 1. The molecule has 0 aliphatic rings. The van der Waals surface area contributed by atoms with Crippen molar-refractivity contribution in [1.29, 1.82) is 0 Å². The fourth-order valence-corrected chi connectivity index (χ4v) is 4.55. The molecule has 0 amide bonds. The van der Waals surface area contributed by atoms with Gasteiger partial charge >= 0.3 is 0 Å². The number of nitrogens with zero attached hydrogens (tertiary/aromatic N) is 5. The lowest BCUT2D eigenvalue weighted by Crippen LogP contribution is -2.35. The standard InChI is InChI=1S/C20H23B2ClN6O6S/c1-11(16(34-4)17-24-9-12(23)10-25-17)36(30,31)28-19-27-26-18(20(21,22)35-5)29(19)15-13(32-2)7-6-8-14(15)33-3/h6-11,16H,1-5H3,(H,27,28)/t11-,16-/m0/s1. The maximum absolute atomic E-state index is 13.5. The first-order chi connectivity index (χ1) is 17.0. The van der Waals surface area contributed by atoms with Crippen molar-refractivity contribution < 1.29 is 27.4 Å². The average molecular weight is 533 g/mol. The van der Waals surface area contributed by atoms with Crippen LogP contribution in [0.1, 0.15) is 24.7 Å². The zero-order valence-corrected chi connectivity index (χ0v) is 21.7. The summed E-state index contributed by atoms with van der Waals surface area (Å²) < 4.78 is 52.1. The Morgan fingerprint density at radius 1 is 1.06 bits per heavy atom. The predicted molar refractivity (Wildman–Crippen MR) is 133 cm³/mol. The van der Waals surface area contributed by atoms with Crippen molar-refractivity contribution >= 4 is 43.3 Å². The minimum atomic E-state index is -4.21. The average Bonchev–Trinajstić information content (AvgIpc) is 3.28. The molecule has 36 heavy (non-hydrogen) atoms. The lowest BCUT2D eigenvalue weighted by molar-refractivity contribution is 0.0950. The zero-order chi connectivity index (χ0) is 26.7. The maximum atomic E-state index is 13.5. The van der Waals surface area contributed by atoms with E-state index in [1.165, 1.54) is 52.3 Å². The zero-order valence-electron chi connectivity index (χ0n) is 20.2. The van der Waals surface area contributed by atoms with Crippen LogP contribution >= 0.6 is 11.6 Å². The molecule has 0 bridgehead atoms. The molecule has 0 aliphatic heterocycles. The smallest absolute Gasteiger partial charge is 0.243 e. The highest BCUT2D eigenvalue weighted by Crippen LogP contribution is 2.37. The number of benzene rings is 1. The highest BCUT2D eigenvalue weighted by molar-refractivity contribution is 7.93. The Morgan fingerprint density at radius 2 is 1.64 bits per heavy atom. The molecular formula is C20H23B2ClN6O6S. The molecule has 12 nitrogen and oxygen atoms in total. The number of anilines is 1. The van der Waals surface area contributed by atoms with E-state index < -0.39 is 26.8 Å². The van der Waals surface area contributed by atoms with E-state index in [0.717, 1.165) is 0 Å². The summed E-state index contributed by atoms with van der Waals surface area (Å²) in [5, 5.41) is 5.11. The van der Waals surface area contributed by atoms with Gasteiger partial charge in [0.1, 0.15) is 44.2 Å². The molecule has 2 atom stereocenters. The Morgan fingerprint density at radius 3 is 2.14 bits per heavy atom. The van der Waals surface area contributed by atoms with Gasteiger partial charge in [-0.3, -0.25) is 9.29 Å². The maximum Gasteiger partial charge on any atom is 0.243 e. The fraction of sp³-hybridized carbons (Fsp3) is 0.400. The van der Waals surface area contributed by atoms with Gasteiger partial charge in [-0.15, -0.1) is 10.2 Å². The number of nitrogens with one attached hydrogen (secondary N) is 1. The van der Waals surface area contributed by atoms with E-state index >= 15 is 0 Å². The number of rotatable bonds is 11. The van der Waals surface area contributed by atoms with Gasteiger partial charge in [-0.25, -0.2) is 18.4 Å². The van der Waals surface area contributed by atoms with Crippen molar-refractivity contribution in [3.8, 4) is 17.2 Å². The normalized spacial score (nSPS) is 13.7. The predicted octanol–water partition coefficient (Wildman–Crippen LogP) is 1.34. The van der Waals surface area contributed by atoms with Gasteiger partial charge in [0, 0.05) is 32.0 Å². The van der Waals surface area contributed by atoms with Gasteiger partial charge in [0.15, 0.2) is 11.6 Å². The summed E-state index contributed by atoms with van der Waals surface area (Å²) in [6.45, 7) is 1.42. The number of para-hydroxylation sites is 1. The molecule has 3 rings (SSSR count). The minimum Gasteiger partial charge on any atom is -0.494 e. The van der Waals surface area contributed by atoms with Gasteiger partial charge in [0.2, 0.25) is 16.0 Å². The molecule has 4 radical (unpaired) electrons. The van der Waals surface area contributed by atoms with E-state index in [2.05, 4.69) is 24.9 Å². The monoisotopic (exact) mass is 532 g/mol. The van der Waals surface area contributed by atoms with Crippen LogP contribution in [0, 0.1) is 0 Å². The van der Waals surface area contributed by atoms with Gasteiger partial charge in [-0.1, -0.05) is 17.7 Å². The van der Waals surface area contributed by atoms with Crippen molar-refractivity contribution in [1.82, 2.24) is 24.7 Å². The third-order valence-corrected chi connectivity index (χ3v) is 7.16.